The Labute approximate surface area is 133 Å². The number of carbonyl (C=O) groups is 1. The number of nitrogens with one attached hydrogen (secondary N) is 1. The highest BCUT2D eigenvalue weighted by atomic mass is 16.3. The molecule has 0 saturated carbocycles. The van der Waals surface area contributed by atoms with Crippen LogP contribution in [0.3, 0.4) is 0 Å². The van der Waals surface area contributed by atoms with Gasteiger partial charge in [0, 0.05) is 12.8 Å². The van der Waals surface area contributed by atoms with Gasteiger partial charge in [-0.05, 0) is 26.0 Å². The molecule has 0 aliphatic heterocycles. The summed E-state index contributed by atoms with van der Waals surface area (Å²) in [5, 5.41) is 11.8. The van der Waals surface area contributed by atoms with Crippen LogP contribution in [0.1, 0.15) is 24.0 Å². The van der Waals surface area contributed by atoms with Gasteiger partial charge in [-0.3, -0.25) is 10.1 Å². The van der Waals surface area contributed by atoms with E-state index in [2.05, 4.69) is 24.4 Å². The molecular weight excluding hydrogens is 274 g/mol. The fourth-order valence-electron chi connectivity index (χ4n) is 1.88. The van der Waals surface area contributed by atoms with Gasteiger partial charge < -0.3 is 5.11 Å². The smallest absolute Gasteiger partial charge is 0.137 e. The van der Waals surface area contributed by atoms with Crippen LogP contribution in [-0.4, -0.2) is 24.2 Å². The number of aryl methyl sites for hydroxylation is 2. The SMILES string of the molecule is CNC(O)CC(=O)CCc1ccccc1.Cc1ccccc1. The second kappa shape index (κ2) is 10.7. The van der Waals surface area contributed by atoms with E-state index < -0.39 is 6.23 Å². The van der Waals surface area contributed by atoms with Crippen LogP contribution in [0.5, 0.6) is 0 Å². The summed E-state index contributed by atoms with van der Waals surface area (Å²) in [5.41, 5.74) is 2.48. The maximum absolute atomic E-state index is 11.4. The minimum absolute atomic E-state index is 0.0840. The predicted molar refractivity (Wildman–Crippen MR) is 90.6 cm³/mol. The molecule has 0 bridgehead atoms. The summed E-state index contributed by atoms with van der Waals surface area (Å²) in [7, 11) is 1.63. The van der Waals surface area contributed by atoms with Gasteiger partial charge in [-0.25, -0.2) is 0 Å². The predicted octanol–water partition coefficient (Wildman–Crippen LogP) is 3.11. The molecule has 2 aromatic rings. The summed E-state index contributed by atoms with van der Waals surface area (Å²) in [6, 6.07) is 20.1. The summed E-state index contributed by atoms with van der Waals surface area (Å²) < 4.78 is 0. The first kappa shape index (κ1) is 18.1. The van der Waals surface area contributed by atoms with Gasteiger partial charge in [0.1, 0.15) is 12.0 Å². The summed E-state index contributed by atoms with van der Waals surface area (Å²) in [5.74, 6) is 0.0840. The van der Waals surface area contributed by atoms with Crippen molar-refractivity contribution in [3.05, 3.63) is 71.8 Å². The van der Waals surface area contributed by atoms with E-state index in [-0.39, 0.29) is 12.2 Å². The molecule has 118 valence electrons. The number of Topliss-reactive ketones (excluding diaryl/α,β-unsaturated/α-hetero) is 1. The fraction of sp³-hybridized carbons (Fsp3) is 0.316. The lowest BCUT2D eigenvalue weighted by Gasteiger charge is -2.07. The Balaban J connectivity index is 0.000000287. The number of benzene rings is 2. The van der Waals surface area contributed by atoms with Crippen molar-refractivity contribution in [3.63, 3.8) is 0 Å². The normalized spacial score (nSPS) is 11.2. The number of hydrogen-bond donors (Lipinski definition) is 2. The Morgan fingerprint density at radius 1 is 1.05 bits per heavy atom. The second-order valence-corrected chi connectivity index (χ2v) is 5.19. The molecule has 1 unspecified atom stereocenters. The quantitative estimate of drug-likeness (QED) is 0.806. The Hall–Kier alpha value is -1.97. The molecule has 2 N–H and O–H groups in total. The lowest BCUT2D eigenvalue weighted by molar-refractivity contribution is -0.121. The first-order valence-electron chi connectivity index (χ1n) is 7.54. The summed E-state index contributed by atoms with van der Waals surface area (Å²) >= 11 is 0. The highest BCUT2D eigenvalue weighted by Crippen LogP contribution is 2.04. The third kappa shape index (κ3) is 8.35. The highest BCUT2D eigenvalue weighted by Gasteiger charge is 2.08. The molecule has 2 aromatic carbocycles. The fourth-order valence-corrected chi connectivity index (χ4v) is 1.88. The van der Waals surface area contributed by atoms with Gasteiger partial charge in [0.15, 0.2) is 0 Å². The van der Waals surface area contributed by atoms with Crippen LogP contribution in [0.2, 0.25) is 0 Å². The molecule has 0 radical (unpaired) electrons. The van der Waals surface area contributed by atoms with Gasteiger partial charge in [-0.15, -0.1) is 0 Å². The van der Waals surface area contributed by atoms with Crippen molar-refractivity contribution in [2.45, 2.75) is 32.4 Å². The minimum Gasteiger partial charge on any atom is -0.378 e. The number of aliphatic hydroxyl groups is 1. The number of carbonyl (C=O) groups excluding carboxylic acids is 1. The minimum atomic E-state index is -0.715. The molecular formula is C19H25NO2. The largest absolute Gasteiger partial charge is 0.378 e. The van der Waals surface area contributed by atoms with E-state index in [1.807, 2.05) is 48.5 Å². The lowest BCUT2D eigenvalue weighted by Crippen LogP contribution is -2.27. The van der Waals surface area contributed by atoms with E-state index in [1.54, 1.807) is 7.05 Å². The highest BCUT2D eigenvalue weighted by molar-refractivity contribution is 5.79. The van der Waals surface area contributed by atoms with Gasteiger partial charge in [-0.1, -0.05) is 66.2 Å². The molecule has 3 heteroatoms. The Morgan fingerprint density at radius 2 is 1.59 bits per heavy atom. The zero-order valence-corrected chi connectivity index (χ0v) is 13.3. The first-order valence-corrected chi connectivity index (χ1v) is 7.54. The molecule has 3 nitrogen and oxygen atoms in total. The number of rotatable bonds is 6. The van der Waals surface area contributed by atoms with E-state index >= 15 is 0 Å². The van der Waals surface area contributed by atoms with Crippen LogP contribution in [0.25, 0.3) is 0 Å². The molecule has 22 heavy (non-hydrogen) atoms. The van der Waals surface area contributed by atoms with Gasteiger partial charge >= 0.3 is 0 Å². The number of hydrogen-bond acceptors (Lipinski definition) is 3. The van der Waals surface area contributed by atoms with Crippen molar-refractivity contribution in [2.75, 3.05) is 7.05 Å². The van der Waals surface area contributed by atoms with Gasteiger partial charge in [0.05, 0.1) is 0 Å². The van der Waals surface area contributed by atoms with Crippen LogP contribution in [0.15, 0.2) is 60.7 Å². The zero-order chi connectivity index (χ0) is 16.2. The third-order valence-corrected chi connectivity index (χ3v) is 3.23. The van der Waals surface area contributed by atoms with Crippen LogP contribution in [0.4, 0.5) is 0 Å². The van der Waals surface area contributed by atoms with Crippen LogP contribution in [-0.2, 0) is 11.2 Å². The molecule has 0 aliphatic carbocycles. The number of aliphatic hydroxyl groups excluding tert-OH is 1. The molecule has 0 spiro atoms. The van der Waals surface area contributed by atoms with Crippen molar-refractivity contribution in [2.24, 2.45) is 0 Å². The Kier molecular flexibility index (Phi) is 8.80. The molecule has 0 aromatic heterocycles. The van der Waals surface area contributed by atoms with Crippen molar-refractivity contribution in [1.82, 2.24) is 5.32 Å². The maximum Gasteiger partial charge on any atom is 0.137 e. The molecule has 2 rings (SSSR count). The standard InChI is InChI=1S/C12H17NO2.C7H8/c1-13-12(15)9-11(14)8-7-10-5-3-2-4-6-10;1-7-5-3-2-4-6-7/h2-6,12-13,15H,7-9H2,1H3;2-6H,1H3. The average Bonchev–Trinajstić information content (AvgIpc) is 2.55. The molecule has 0 heterocycles. The molecule has 0 amide bonds. The van der Waals surface area contributed by atoms with E-state index in [0.29, 0.717) is 6.42 Å². The zero-order valence-electron chi connectivity index (χ0n) is 13.3. The summed E-state index contributed by atoms with van der Waals surface area (Å²) in [6.45, 7) is 2.08. The molecule has 1 atom stereocenters. The van der Waals surface area contributed by atoms with Gasteiger partial charge in [0.25, 0.3) is 0 Å². The van der Waals surface area contributed by atoms with E-state index in [4.69, 9.17) is 0 Å². The average molecular weight is 299 g/mol. The van der Waals surface area contributed by atoms with Crippen molar-refractivity contribution in [3.8, 4) is 0 Å². The van der Waals surface area contributed by atoms with E-state index in [1.165, 1.54) is 5.56 Å². The first-order chi connectivity index (χ1) is 10.6. The Bertz CT molecular complexity index is 526. The van der Waals surface area contributed by atoms with Crippen molar-refractivity contribution in [1.29, 1.82) is 0 Å². The third-order valence-electron chi connectivity index (χ3n) is 3.23. The topological polar surface area (TPSA) is 49.3 Å². The Morgan fingerprint density at radius 3 is 2.05 bits per heavy atom. The maximum atomic E-state index is 11.4. The summed E-state index contributed by atoms with van der Waals surface area (Å²) in [4.78, 5) is 11.4. The number of ketones is 1. The van der Waals surface area contributed by atoms with Gasteiger partial charge in [0.2, 0.25) is 0 Å². The van der Waals surface area contributed by atoms with Crippen LogP contribution >= 0.6 is 0 Å². The van der Waals surface area contributed by atoms with Crippen LogP contribution in [0, 0.1) is 6.92 Å². The molecule has 0 aliphatic rings. The van der Waals surface area contributed by atoms with E-state index in [0.717, 1.165) is 12.0 Å². The lowest BCUT2D eigenvalue weighted by atomic mass is 10.1. The molecule has 0 saturated heterocycles. The summed E-state index contributed by atoms with van der Waals surface area (Å²) in [6.07, 6.45) is 0.704. The second-order valence-electron chi connectivity index (χ2n) is 5.19. The molecule has 0 fully saturated rings. The van der Waals surface area contributed by atoms with Crippen molar-refractivity contribution < 1.29 is 9.90 Å². The van der Waals surface area contributed by atoms with Crippen molar-refractivity contribution >= 4 is 5.78 Å². The van der Waals surface area contributed by atoms with Crippen LogP contribution < -0.4 is 5.32 Å². The van der Waals surface area contributed by atoms with Gasteiger partial charge in [-0.2, -0.15) is 0 Å². The monoisotopic (exact) mass is 299 g/mol. The van der Waals surface area contributed by atoms with E-state index in [9.17, 15) is 9.90 Å².